The van der Waals surface area contributed by atoms with Crippen LogP contribution in [0.4, 0.5) is 0 Å². The maximum Gasteiger partial charge on any atom is 0.305 e. The summed E-state index contributed by atoms with van der Waals surface area (Å²) in [7, 11) is 3.43. The maximum atomic E-state index is 10.9. The summed E-state index contributed by atoms with van der Waals surface area (Å²) in [6, 6.07) is 7.80. The Labute approximate surface area is 107 Å². The number of carbonyl (C=O) groups is 1. The number of hydrogen-bond donors (Lipinski definition) is 0. The number of hydrogen-bond acceptors (Lipinski definition) is 3. The van der Waals surface area contributed by atoms with E-state index in [9.17, 15) is 4.79 Å². The van der Waals surface area contributed by atoms with Gasteiger partial charge in [0.05, 0.1) is 7.11 Å². The maximum absolute atomic E-state index is 10.9. The van der Waals surface area contributed by atoms with Gasteiger partial charge in [-0.15, -0.1) is 0 Å². The van der Waals surface area contributed by atoms with Crippen molar-refractivity contribution in [2.24, 2.45) is 0 Å². The van der Waals surface area contributed by atoms with E-state index in [-0.39, 0.29) is 5.97 Å². The summed E-state index contributed by atoms with van der Waals surface area (Å²) in [5.41, 5.74) is 1.11. The van der Waals surface area contributed by atoms with Crippen molar-refractivity contribution in [2.75, 3.05) is 20.7 Å². The van der Waals surface area contributed by atoms with Crippen LogP contribution in [-0.4, -0.2) is 31.6 Å². The molecule has 0 radical (unpaired) electrons. The summed E-state index contributed by atoms with van der Waals surface area (Å²) in [6.45, 7) is 1.64. The molecule has 4 heteroatoms. The fraction of sp³-hybridized carbons (Fsp3) is 0.462. The lowest BCUT2D eigenvalue weighted by atomic mass is 10.2. The lowest BCUT2D eigenvalue weighted by Gasteiger charge is -2.16. The van der Waals surface area contributed by atoms with Crippen molar-refractivity contribution in [3.8, 4) is 0 Å². The van der Waals surface area contributed by atoms with E-state index in [0.29, 0.717) is 6.42 Å². The van der Waals surface area contributed by atoms with Crippen LogP contribution in [0, 0.1) is 0 Å². The highest BCUT2D eigenvalue weighted by atomic mass is 35.5. The lowest BCUT2D eigenvalue weighted by Crippen LogP contribution is -2.20. The molecule has 1 aromatic carbocycles. The van der Waals surface area contributed by atoms with Gasteiger partial charge in [0.2, 0.25) is 0 Å². The third-order valence-electron chi connectivity index (χ3n) is 2.55. The molecule has 3 nitrogen and oxygen atoms in total. The predicted molar refractivity (Wildman–Crippen MR) is 69.0 cm³/mol. The Kier molecular flexibility index (Phi) is 6.01. The minimum atomic E-state index is -0.156. The Morgan fingerprint density at radius 1 is 1.41 bits per heavy atom. The fourth-order valence-corrected chi connectivity index (χ4v) is 1.79. The summed E-state index contributed by atoms with van der Waals surface area (Å²) in [5.74, 6) is -0.156. The van der Waals surface area contributed by atoms with Crippen LogP contribution in [0.15, 0.2) is 24.3 Å². The highest BCUT2D eigenvalue weighted by Crippen LogP contribution is 2.16. The number of esters is 1. The first-order chi connectivity index (χ1) is 8.13. The number of ether oxygens (including phenoxy) is 1. The number of carbonyl (C=O) groups excluding carboxylic acids is 1. The molecular weight excluding hydrogens is 238 g/mol. The SMILES string of the molecule is COC(=O)CCCN(C)Cc1ccccc1Cl. The Hall–Kier alpha value is -1.06. The molecule has 17 heavy (non-hydrogen) atoms. The Morgan fingerprint density at radius 3 is 2.76 bits per heavy atom. The average molecular weight is 256 g/mol. The molecule has 0 heterocycles. The zero-order valence-electron chi connectivity index (χ0n) is 10.3. The average Bonchev–Trinajstić information content (AvgIpc) is 2.32. The van der Waals surface area contributed by atoms with Gasteiger partial charge in [-0.05, 0) is 31.6 Å². The van der Waals surface area contributed by atoms with E-state index in [1.807, 2.05) is 31.3 Å². The van der Waals surface area contributed by atoms with Crippen molar-refractivity contribution in [3.63, 3.8) is 0 Å². The summed E-state index contributed by atoms with van der Waals surface area (Å²) in [5, 5.41) is 0.785. The molecule has 0 aliphatic rings. The van der Waals surface area contributed by atoms with Gasteiger partial charge in [0, 0.05) is 18.0 Å². The normalized spacial score (nSPS) is 10.6. The van der Waals surface area contributed by atoms with Gasteiger partial charge in [0.15, 0.2) is 0 Å². The molecule has 94 valence electrons. The molecule has 0 fully saturated rings. The molecule has 0 unspecified atom stereocenters. The third kappa shape index (κ3) is 5.20. The quantitative estimate of drug-likeness (QED) is 0.732. The van der Waals surface area contributed by atoms with Crippen LogP contribution >= 0.6 is 11.6 Å². The number of nitrogens with zero attached hydrogens (tertiary/aromatic N) is 1. The molecule has 0 aliphatic carbocycles. The van der Waals surface area contributed by atoms with Gasteiger partial charge >= 0.3 is 5.97 Å². The third-order valence-corrected chi connectivity index (χ3v) is 2.92. The molecule has 0 N–H and O–H groups in total. The smallest absolute Gasteiger partial charge is 0.305 e. The van der Waals surface area contributed by atoms with E-state index in [1.165, 1.54) is 7.11 Å². The van der Waals surface area contributed by atoms with Crippen molar-refractivity contribution in [1.82, 2.24) is 4.90 Å². The second-order valence-electron chi connectivity index (χ2n) is 4.01. The first-order valence-electron chi connectivity index (χ1n) is 5.62. The molecule has 0 saturated carbocycles. The van der Waals surface area contributed by atoms with Crippen molar-refractivity contribution < 1.29 is 9.53 Å². The van der Waals surface area contributed by atoms with E-state index >= 15 is 0 Å². The minimum absolute atomic E-state index is 0.156. The van der Waals surface area contributed by atoms with Crippen LogP contribution in [0.5, 0.6) is 0 Å². The molecule has 1 rings (SSSR count). The van der Waals surface area contributed by atoms with Crippen LogP contribution in [0.25, 0.3) is 0 Å². The molecule has 0 aliphatic heterocycles. The van der Waals surface area contributed by atoms with Gasteiger partial charge in [-0.2, -0.15) is 0 Å². The van der Waals surface area contributed by atoms with Crippen LogP contribution in [0.1, 0.15) is 18.4 Å². The molecule has 0 atom stereocenters. The predicted octanol–water partition coefficient (Wildman–Crippen LogP) is 2.73. The molecule has 0 spiro atoms. The first-order valence-corrected chi connectivity index (χ1v) is 6.00. The molecule has 0 saturated heterocycles. The Balaban J connectivity index is 2.32. The second-order valence-corrected chi connectivity index (χ2v) is 4.42. The van der Waals surface area contributed by atoms with Crippen molar-refractivity contribution >= 4 is 17.6 Å². The van der Waals surface area contributed by atoms with Gasteiger partial charge in [-0.1, -0.05) is 29.8 Å². The monoisotopic (exact) mass is 255 g/mol. The molecule has 0 bridgehead atoms. The van der Waals surface area contributed by atoms with Gasteiger partial charge in [-0.3, -0.25) is 4.79 Å². The van der Waals surface area contributed by atoms with E-state index in [0.717, 1.165) is 30.1 Å². The molecule has 1 aromatic rings. The van der Waals surface area contributed by atoms with Gasteiger partial charge < -0.3 is 9.64 Å². The van der Waals surface area contributed by atoms with Crippen LogP contribution < -0.4 is 0 Å². The first kappa shape index (κ1) is 14.0. The van der Waals surface area contributed by atoms with Crippen molar-refractivity contribution in [1.29, 1.82) is 0 Å². The van der Waals surface area contributed by atoms with Gasteiger partial charge in [0.1, 0.15) is 0 Å². The zero-order valence-corrected chi connectivity index (χ0v) is 11.0. The summed E-state index contributed by atoms with van der Waals surface area (Å²) >= 11 is 6.07. The van der Waals surface area contributed by atoms with Crippen LogP contribution in [-0.2, 0) is 16.1 Å². The number of halogens is 1. The number of benzene rings is 1. The molecular formula is C13H18ClNO2. The van der Waals surface area contributed by atoms with Crippen molar-refractivity contribution in [3.05, 3.63) is 34.9 Å². The van der Waals surface area contributed by atoms with Crippen molar-refractivity contribution in [2.45, 2.75) is 19.4 Å². The molecule has 0 amide bonds. The van der Waals surface area contributed by atoms with Gasteiger partial charge in [-0.25, -0.2) is 0 Å². The lowest BCUT2D eigenvalue weighted by molar-refractivity contribution is -0.140. The highest BCUT2D eigenvalue weighted by molar-refractivity contribution is 6.31. The minimum Gasteiger partial charge on any atom is -0.469 e. The fourth-order valence-electron chi connectivity index (χ4n) is 1.59. The van der Waals surface area contributed by atoms with E-state index in [2.05, 4.69) is 9.64 Å². The topological polar surface area (TPSA) is 29.5 Å². The highest BCUT2D eigenvalue weighted by Gasteiger charge is 2.05. The summed E-state index contributed by atoms with van der Waals surface area (Å²) < 4.78 is 4.59. The van der Waals surface area contributed by atoms with E-state index < -0.39 is 0 Å². The standard InChI is InChI=1S/C13H18ClNO2/c1-15(9-5-8-13(16)17-2)10-11-6-3-4-7-12(11)14/h3-4,6-7H,5,8-10H2,1-2H3. The van der Waals surface area contributed by atoms with E-state index in [1.54, 1.807) is 0 Å². The largest absolute Gasteiger partial charge is 0.469 e. The van der Waals surface area contributed by atoms with E-state index in [4.69, 9.17) is 11.6 Å². The summed E-state index contributed by atoms with van der Waals surface area (Å²) in [6.07, 6.45) is 1.26. The number of methoxy groups -OCH3 is 1. The van der Waals surface area contributed by atoms with Gasteiger partial charge in [0.25, 0.3) is 0 Å². The summed E-state index contributed by atoms with van der Waals surface area (Å²) in [4.78, 5) is 13.1. The zero-order chi connectivity index (χ0) is 12.7. The molecule has 0 aromatic heterocycles. The number of rotatable bonds is 6. The van der Waals surface area contributed by atoms with Crippen LogP contribution in [0.2, 0.25) is 5.02 Å². The Morgan fingerprint density at radius 2 is 2.12 bits per heavy atom. The van der Waals surface area contributed by atoms with Crippen LogP contribution in [0.3, 0.4) is 0 Å². The second kappa shape index (κ2) is 7.30. The Bertz CT molecular complexity index is 368.